The van der Waals surface area contributed by atoms with Crippen molar-refractivity contribution in [1.82, 2.24) is 10.2 Å². The average Bonchev–Trinajstić information content (AvgIpc) is 2.58. The van der Waals surface area contributed by atoms with Gasteiger partial charge in [0.15, 0.2) is 0 Å². The van der Waals surface area contributed by atoms with Crippen LogP contribution >= 0.6 is 0 Å². The molecule has 1 aliphatic rings. The highest BCUT2D eigenvalue weighted by Crippen LogP contribution is 2.26. The van der Waals surface area contributed by atoms with Crippen molar-refractivity contribution in [2.24, 2.45) is 5.92 Å². The largest absolute Gasteiger partial charge is 0.356 e. The predicted molar refractivity (Wildman–Crippen MR) is 67.5 cm³/mol. The molecule has 5 nitrogen and oxygen atoms in total. The second kappa shape index (κ2) is 5.33. The van der Waals surface area contributed by atoms with E-state index in [0.717, 1.165) is 0 Å². The van der Waals surface area contributed by atoms with Crippen LogP contribution in [0.5, 0.6) is 0 Å². The molecule has 0 aromatic heterocycles. The molecule has 0 fully saturated rings. The first-order chi connectivity index (χ1) is 8.29. The Kier molecular flexibility index (Phi) is 4.27. The number of carbonyl (C=O) groups excluding carboxylic acids is 3. The molecule has 0 aromatic carbocycles. The number of carbonyl (C=O) groups is 3. The fourth-order valence-electron chi connectivity index (χ4n) is 2.28. The molecule has 1 rings (SSSR count). The van der Waals surface area contributed by atoms with Gasteiger partial charge in [-0.2, -0.15) is 0 Å². The maximum atomic E-state index is 11.7. The quantitative estimate of drug-likeness (QED) is 0.738. The summed E-state index contributed by atoms with van der Waals surface area (Å²) in [5.41, 5.74) is -0.665. The van der Waals surface area contributed by atoms with Crippen molar-refractivity contribution in [2.75, 3.05) is 6.54 Å². The topological polar surface area (TPSA) is 66.5 Å². The summed E-state index contributed by atoms with van der Waals surface area (Å²) in [6.45, 7) is 7.82. The summed E-state index contributed by atoms with van der Waals surface area (Å²) in [7, 11) is 0. The number of imide groups is 1. The van der Waals surface area contributed by atoms with Crippen LogP contribution in [0.1, 0.15) is 34.1 Å². The van der Waals surface area contributed by atoms with Gasteiger partial charge in [0.05, 0.1) is 0 Å². The van der Waals surface area contributed by atoms with Crippen LogP contribution in [0.4, 0.5) is 0 Å². The summed E-state index contributed by atoms with van der Waals surface area (Å²) in [5.74, 6) is -0.931. The number of rotatable bonds is 5. The molecule has 0 unspecified atom stereocenters. The lowest BCUT2D eigenvalue weighted by molar-refractivity contribution is -0.144. The highest BCUT2D eigenvalue weighted by atomic mass is 16.2. The lowest BCUT2D eigenvalue weighted by Gasteiger charge is -2.35. The van der Waals surface area contributed by atoms with Gasteiger partial charge in [-0.05, 0) is 27.2 Å². The zero-order valence-corrected chi connectivity index (χ0v) is 11.3. The molecular weight excluding hydrogens is 232 g/mol. The lowest BCUT2D eigenvalue weighted by Crippen LogP contribution is -2.49. The smallest absolute Gasteiger partial charge is 0.254 e. The third-order valence-corrected chi connectivity index (χ3v) is 3.02. The van der Waals surface area contributed by atoms with Gasteiger partial charge in [-0.15, -0.1) is 0 Å². The van der Waals surface area contributed by atoms with Gasteiger partial charge in [-0.1, -0.05) is 6.92 Å². The summed E-state index contributed by atoms with van der Waals surface area (Å²) >= 11 is 0. The van der Waals surface area contributed by atoms with E-state index in [1.54, 1.807) is 20.8 Å². The summed E-state index contributed by atoms with van der Waals surface area (Å²) in [6, 6.07) is 0. The second-order valence-electron chi connectivity index (χ2n) is 5.16. The second-order valence-corrected chi connectivity index (χ2v) is 5.16. The Labute approximate surface area is 107 Å². The maximum absolute atomic E-state index is 11.7. The van der Waals surface area contributed by atoms with Gasteiger partial charge in [-0.3, -0.25) is 19.3 Å². The molecule has 0 bridgehead atoms. The molecule has 100 valence electrons. The molecule has 0 aliphatic carbocycles. The fourth-order valence-corrected chi connectivity index (χ4v) is 2.28. The summed E-state index contributed by atoms with van der Waals surface area (Å²) < 4.78 is 0. The third-order valence-electron chi connectivity index (χ3n) is 3.02. The van der Waals surface area contributed by atoms with Gasteiger partial charge in [-0.25, -0.2) is 0 Å². The van der Waals surface area contributed by atoms with Crippen molar-refractivity contribution in [2.45, 2.75) is 39.7 Å². The molecule has 1 atom stereocenters. The molecular formula is C13H20N2O3. The molecule has 18 heavy (non-hydrogen) atoms. The number of nitrogens with one attached hydrogen (secondary N) is 1. The number of hydrogen-bond acceptors (Lipinski definition) is 3. The maximum Gasteiger partial charge on any atom is 0.254 e. The Balaban J connectivity index is 2.73. The van der Waals surface area contributed by atoms with Gasteiger partial charge in [0.2, 0.25) is 5.91 Å². The molecule has 5 heteroatoms. The fraction of sp³-hybridized carbons (Fsp3) is 0.615. The minimum Gasteiger partial charge on any atom is -0.356 e. The molecule has 1 N–H and O–H groups in total. The van der Waals surface area contributed by atoms with Crippen LogP contribution < -0.4 is 5.32 Å². The summed E-state index contributed by atoms with van der Waals surface area (Å²) in [5, 5.41) is 2.74. The lowest BCUT2D eigenvalue weighted by atomic mass is 9.89. The van der Waals surface area contributed by atoms with Crippen molar-refractivity contribution >= 4 is 17.7 Å². The average molecular weight is 252 g/mol. The minimum absolute atomic E-state index is 0.0578. The standard InChI is InChI=1S/C13H20N2O3/c1-5-14-12(18)9(2)8-13(3,4)15-10(16)6-7-11(15)17/h6-7,9H,5,8H2,1-4H3,(H,14,18)/t9-/m0/s1. The minimum atomic E-state index is -0.665. The summed E-state index contributed by atoms with van der Waals surface area (Å²) in [6.07, 6.45) is 2.97. The monoisotopic (exact) mass is 252 g/mol. The van der Waals surface area contributed by atoms with Gasteiger partial charge in [0, 0.05) is 30.2 Å². The number of hydrogen-bond donors (Lipinski definition) is 1. The van der Waals surface area contributed by atoms with E-state index in [9.17, 15) is 14.4 Å². The molecule has 3 amide bonds. The molecule has 0 aromatic rings. The molecule has 1 heterocycles. The van der Waals surface area contributed by atoms with Crippen LogP contribution in [0.25, 0.3) is 0 Å². The molecule has 0 radical (unpaired) electrons. The zero-order chi connectivity index (χ0) is 13.9. The van der Waals surface area contributed by atoms with E-state index in [1.165, 1.54) is 17.1 Å². The van der Waals surface area contributed by atoms with Gasteiger partial charge >= 0.3 is 0 Å². The highest BCUT2D eigenvalue weighted by Gasteiger charge is 2.38. The highest BCUT2D eigenvalue weighted by molar-refractivity contribution is 6.13. The van der Waals surface area contributed by atoms with E-state index in [4.69, 9.17) is 0 Å². The van der Waals surface area contributed by atoms with E-state index < -0.39 is 5.54 Å². The Hall–Kier alpha value is -1.65. The zero-order valence-electron chi connectivity index (χ0n) is 11.3. The first-order valence-corrected chi connectivity index (χ1v) is 6.13. The number of nitrogens with zero attached hydrogens (tertiary/aromatic N) is 1. The Morgan fingerprint density at radius 2 is 1.83 bits per heavy atom. The van der Waals surface area contributed by atoms with Gasteiger partial charge in [0.1, 0.15) is 0 Å². The van der Waals surface area contributed by atoms with E-state index in [-0.39, 0.29) is 23.6 Å². The molecule has 1 aliphatic heterocycles. The Bertz CT molecular complexity index is 381. The van der Waals surface area contributed by atoms with E-state index >= 15 is 0 Å². The third kappa shape index (κ3) is 2.97. The SMILES string of the molecule is CCNC(=O)[C@@H](C)CC(C)(C)N1C(=O)C=CC1=O. The van der Waals surface area contributed by atoms with Crippen molar-refractivity contribution in [3.05, 3.63) is 12.2 Å². The number of amides is 3. The van der Waals surface area contributed by atoms with Crippen LogP contribution in [0.15, 0.2) is 12.2 Å². The normalized spacial score (nSPS) is 17.2. The van der Waals surface area contributed by atoms with E-state index in [0.29, 0.717) is 13.0 Å². The van der Waals surface area contributed by atoms with E-state index in [2.05, 4.69) is 5.32 Å². The van der Waals surface area contributed by atoms with Crippen molar-refractivity contribution in [3.63, 3.8) is 0 Å². The van der Waals surface area contributed by atoms with Crippen LogP contribution in [-0.4, -0.2) is 34.7 Å². The van der Waals surface area contributed by atoms with Crippen molar-refractivity contribution < 1.29 is 14.4 Å². The van der Waals surface area contributed by atoms with Gasteiger partial charge < -0.3 is 5.32 Å². The van der Waals surface area contributed by atoms with Crippen LogP contribution in [0.3, 0.4) is 0 Å². The Morgan fingerprint density at radius 1 is 1.33 bits per heavy atom. The van der Waals surface area contributed by atoms with Crippen LogP contribution in [0.2, 0.25) is 0 Å². The van der Waals surface area contributed by atoms with Crippen molar-refractivity contribution in [3.8, 4) is 0 Å². The predicted octanol–water partition coefficient (Wildman–Crippen LogP) is 0.852. The van der Waals surface area contributed by atoms with E-state index in [1.807, 2.05) is 6.92 Å². The summed E-state index contributed by atoms with van der Waals surface area (Å²) in [4.78, 5) is 36.1. The first kappa shape index (κ1) is 14.4. The van der Waals surface area contributed by atoms with Crippen molar-refractivity contribution in [1.29, 1.82) is 0 Å². The molecule has 0 saturated carbocycles. The van der Waals surface area contributed by atoms with Crippen LogP contribution in [-0.2, 0) is 14.4 Å². The Morgan fingerprint density at radius 3 is 2.28 bits per heavy atom. The molecule has 0 saturated heterocycles. The van der Waals surface area contributed by atoms with Gasteiger partial charge in [0.25, 0.3) is 11.8 Å². The van der Waals surface area contributed by atoms with Crippen LogP contribution in [0, 0.1) is 5.92 Å². The molecule has 0 spiro atoms. The first-order valence-electron chi connectivity index (χ1n) is 6.13.